The van der Waals surface area contributed by atoms with Crippen molar-refractivity contribution in [3.8, 4) is 5.75 Å². The molecule has 2 aromatic rings. The molecular weight excluding hydrogens is 320 g/mol. The van der Waals surface area contributed by atoms with E-state index in [1.54, 1.807) is 12.5 Å². The van der Waals surface area contributed by atoms with E-state index < -0.39 is 11.7 Å². The summed E-state index contributed by atoms with van der Waals surface area (Å²) in [5.41, 5.74) is 1.59. The molecule has 1 aromatic carbocycles. The minimum Gasteiger partial charge on any atom is -0.492 e. The highest BCUT2D eigenvalue weighted by molar-refractivity contribution is 5.67. The van der Waals surface area contributed by atoms with Crippen LogP contribution in [0.5, 0.6) is 5.75 Å². The number of carbonyl (C=O) groups is 1. The molecule has 1 amide bonds. The minimum absolute atomic E-state index is 0.156. The van der Waals surface area contributed by atoms with Crippen molar-refractivity contribution in [2.45, 2.75) is 39.3 Å². The topological polar surface area (TPSA) is 72.7 Å². The first-order valence-electron chi connectivity index (χ1n) is 8.32. The number of alkyl carbamates (subject to hydrolysis) is 1. The zero-order chi connectivity index (χ0) is 18.3. The van der Waals surface area contributed by atoms with Crippen LogP contribution in [-0.4, -0.2) is 24.8 Å². The Kier molecular flexibility index (Phi) is 6.33. The first kappa shape index (κ1) is 18.7. The summed E-state index contributed by atoms with van der Waals surface area (Å²) in [6.07, 6.45) is 2.95. The lowest BCUT2D eigenvalue weighted by Gasteiger charge is -2.19. The lowest BCUT2D eigenvalue weighted by Crippen LogP contribution is -2.34. The van der Waals surface area contributed by atoms with Gasteiger partial charge in [-0.1, -0.05) is 0 Å². The van der Waals surface area contributed by atoms with Gasteiger partial charge in [-0.15, -0.1) is 0 Å². The van der Waals surface area contributed by atoms with Crippen LogP contribution in [0, 0.1) is 0 Å². The third-order valence-electron chi connectivity index (χ3n) is 3.32. The molecule has 25 heavy (non-hydrogen) atoms. The van der Waals surface area contributed by atoms with Gasteiger partial charge in [-0.25, -0.2) is 4.79 Å². The largest absolute Gasteiger partial charge is 0.492 e. The van der Waals surface area contributed by atoms with Crippen LogP contribution in [0.4, 0.5) is 10.5 Å². The van der Waals surface area contributed by atoms with E-state index in [-0.39, 0.29) is 6.04 Å². The number of amides is 1. The van der Waals surface area contributed by atoms with Crippen molar-refractivity contribution in [3.63, 3.8) is 0 Å². The summed E-state index contributed by atoms with van der Waals surface area (Å²) in [6, 6.07) is 9.77. The van der Waals surface area contributed by atoms with Gasteiger partial charge in [0.1, 0.15) is 18.0 Å². The van der Waals surface area contributed by atoms with E-state index in [0.29, 0.717) is 13.2 Å². The van der Waals surface area contributed by atoms with Crippen LogP contribution >= 0.6 is 0 Å². The van der Waals surface area contributed by atoms with Crippen LogP contribution in [0.3, 0.4) is 0 Å². The molecule has 1 heterocycles. The summed E-state index contributed by atoms with van der Waals surface area (Å²) in [5.74, 6) is 0.743. The van der Waals surface area contributed by atoms with Crippen LogP contribution in [0.2, 0.25) is 0 Å². The standard InChI is InChI=1S/C19H26N2O4/c1-14(15-9-11-23-13-15)21-16-5-7-17(8-6-16)24-12-10-20-18(22)25-19(2,3)4/h5-9,11,13-14,21H,10,12H2,1-4H3,(H,20,22). The molecule has 136 valence electrons. The maximum atomic E-state index is 11.5. The Morgan fingerprint density at radius 1 is 1.20 bits per heavy atom. The highest BCUT2D eigenvalue weighted by Gasteiger charge is 2.15. The van der Waals surface area contributed by atoms with Gasteiger partial charge in [-0.05, 0) is 58.0 Å². The van der Waals surface area contributed by atoms with Crippen LogP contribution < -0.4 is 15.4 Å². The van der Waals surface area contributed by atoms with E-state index >= 15 is 0 Å². The molecule has 6 heteroatoms. The van der Waals surface area contributed by atoms with Gasteiger partial charge in [0.2, 0.25) is 0 Å². The summed E-state index contributed by atoms with van der Waals surface area (Å²) in [6.45, 7) is 8.30. The SMILES string of the molecule is CC(Nc1ccc(OCCNC(=O)OC(C)(C)C)cc1)c1ccoc1. The second-order valence-electron chi connectivity index (χ2n) is 6.72. The zero-order valence-electron chi connectivity index (χ0n) is 15.2. The average Bonchev–Trinajstić information content (AvgIpc) is 3.06. The van der Waals surface area contributed by atoms with Gasteiger partial charge in [0, 0.05) is 11.3 Å². The smallest absolute Gasteiger partial charge is 0.407 e. The average molecular weight is 346 g/mol. The quantitative estimate of drug-likeness (QED) is 0.729. The van der Waals surface area contributed by atoms with Gasteiger partial charge in [-0.3, -0.25) is 0 Å². The predicted octanol–water partition coefficient (Wildman–Crippen LogP) is 4.36. The van der Waals surface area contributed by atoms with Crippen molar-refractivity contribution in [2.75, 3.05) is 18.5 Å². The summed E-state index contributed by atoms with van der Waals surface area (Å²) in [4.78, 5) is 11.5. The monoisotopic (exact) mass is 346 g/mol. The Morgan fingerprint density at radius 2 is 1.92 bits per heavy atom. The maximum Gasteiger partial charge on any atom is 0.407 e. The number of rotatable bonds is 7. The maximum absolute atomic E-state index is 11.5. The molecule has 1 unspecified atom stereocenters. The highest BCUT2D eigenvalue weighted by Crippen LogP contribution is 2.21. The molecule has 0 saturated carbocycles. The van der Waals surface area contributed by atoms with Crippen LogP contribution in [0.1, 0.15) is 39.3 Å². The predicted molar refractivity (Wildman–Crippen MR) is 96.9 cm³/mol. The van der Waals surface area contributed by atoms with Crippen LogP contribution in [0.15, 0.2) is 47.3 Å². The zero-order valence-corrected chi connectivity index (χ0v) is 15.2. The Balaban J connectivity index is 1.71. The Morgan fingerprint density at radius 3 is 2.52 bits per heavy atom. The summed E-state index contributed by atoms with van der Waals surface area (Å²) < 4.78 is 15.9. The van der Waals surface area contributed by atoms with Crippen LogP contribution in [-0.2, 0) is 4.74 Å². The van der Waals surface area contributed by atoms with Gasteiger partial charge >= 0.3 is 6.09 Å². The van der Waals surface area contributed by atoms with Crippen molar-refractivity contribution in [1.29, 1.82) is 0 Å². The second-order valence-corrected chi connectivity index (χ2v) is 6.72. The molecule has 1 aromatic heterocycles. The normalized spacial score (nSPS) is 12.3. The minimum atomic E-state index is -0.499. The molecule has 1 atom stereocenters. The number of furan rings is 1. The van der Waals surface area contributed by atoms with Crippen molar-refractivity contribution in [3.05, 3.63) is 48.4 Å². The van der Waals surface area contributed by atoms with Crippen molar-refractivity contribution < 1.29 is 18.7 Å². The number of hydrogen-bond donors (Lipinski definition) is 2. The molecule has 2 rings (SSSR count). The molecule has 0 spiro atoms. The molecule has 0 fully saturated rings. The Labute approximate surface area is 148 Å². The first-order chi connectivity index (χ1) is 11.8. The molecule has 0 aliphatic carbocycles. The molecule has 0 saturated heterocycles. The number of ether oxygens (including phenoxy) is 2. The van der Waals surface area contributed by atoms with Crippen molar-refractivity contribution >= 4 is 11.8 Å². The van der Waals surface area contributed by atoms with Gasteiger partial charge in [0.15, 0.2) is 0 Å². The molecule has 2 N–H and O–H groups in total. The lowest BCUT2D eigenvalue weighted by molar-refractivity contribution is 0.0520. The fourth-order valence-corrected chi connectivity index (χ4v) is 2.14. The Hall–Kier alpha value is -2.63. The highest BCUT2D eigenvalue weighted by atomic mass is 16.6. The number of hydrogen-bond acceptors (Lipinski definition) is 5. The van der Waals surface area contributed by atoms with E-state index in [1.165, 1.54) is 0 Å². The first-order valence-corrected chi connectivity index (χ1v) is 8.32. The van der Waals surface area contributed by atoms with Crippen LogP contribution in [0.25, 0.3) is 0 Å². The molecule has 6 nitrogen and oxygen atoms in total. The van der Waals surface area contributed by atoms with E-state index in [4.69, 9.17) is 13.9 Å². The van der Waals surface area contributed by atoms with Gasteiger partial charge < -0.3 is 24.5 Å². The summed E-state index contributed by atoms with van der Waals surface area (Å²) in [5, 5.41) is 6.04. The number of benzene rings is 1. The molecule has 0 bridgehead atoms. The van der Waals surface area contributed by atoms with Gasteiger partial charge in [0.05, 0.1) is 25.1 Å². The number of nitrogens with one attached hydrogen (secondary N) is 2. The fourth-order valence-electron chi connectivity index (χ4n) is 2.14. The molecule has 0 radical (unpaired) electrons. The van der Waals surface area contributed by atoms with E-state index in [2.05, 4.69) is 17.6 Å². The molecule has 0 aliphatic rings. The number of anilines is 1. The van der Waals surface area contributed by atoms with Gasteiger partial charge in [-0.2, -0.15) is 0 Å². The molecular formula is C19H26N2O4. The van der Waals surface area contributed by atoms with Gasteiger partial charge in [0.25, 0.3) is 0 Å². The van der Waals surface area contributed by atoms with Crippen molar-refractivity contribution in [1.82, 2.24) is 5.32 Å². The fraction of sp³-hybridized carbons (Fsp3) is 0.421. The summed E-state index contributed by atoms with van der Waals surface area (Å²) in [7, 11) is 0. The third-order valence-corrected chi connectivity index (χ3v) is 3.32. The van der Waals surface area contributed by atoms with E-state index in [1.807, 2.05) is 51.1 Å². The second kappa shape index (κ2) is 8.46. The third kappa shape index (κ3) is 6.79. The number of carbonyl (C=O) groups excluding carboxylic acids is 1. The van der Waals surface area contributed by atoms with E-state index in [0.717, 1.165) is 17.0 Å². The summed E-state index contributed by atoms with van der Waals surface area (Å²) >= 11 is 0. The van der Waals surface area contributed by atoms with E-state index in [9.17, 15) is 4.79 Å². The Bertz CT molecular complexity index is 645. The van der Waals surface area contributed by atoms with Crippen molar-refractivity contribution in [2.24, 2.45) is 0 Å². The molecule has 0 aliphatic heterocycles. The lowest BCUT2D eigenvalue weighted by atomic mass is 10.1.